The molecule has 5 heteroatoms. The van der Waals surface area contributed by atoms with E-state index in [9.17, 15) is 4.79 Å². The second-order valence-corrected chi connectivity index (χ2v) is 6.01. The summed E-state index contributed by atoms with van der Waals surface area (Å²) in [5.41, 5.74) is 8.23. The van der Waals surface area contributed by atoms with Gasteiger partial charge in [0, 0.05) is 30.2 Å². The van der Waals surface area contributed by atoms with E-state index in [-0.39, 0.29) is 5.91 Å². The summed E-state index contributed by atoms with van der Waals surface area (Å²) in [6, 6.07) is 7.58. The van der Waals surface area contributed by atoms with E-state index >= 15 is 0 Å². The zero-order valence-electron chi connectivity index (χ0n) is 12.8. The Morgan fingerprint density at radius 3 is 2.91 bits per heavy atom. The highest BCUT2D eigenvalue weighted by Gasteiger charge is 2.17. The molecule has 118 valence electrons. The molecule has 1 saturated heterocycles. The number of amides is 1. The van der Waals surface area contributed by atoms with Crippen molar-refractivity contribution in [2.75, 3.05) is 26.2 Å². The summed E-state index contributed by atoms with van der Waals surface area (Å²) >= 11 is 0. The number of carbonyl (C=O) groups is 1. The molecule has 22 heavy (non-hydrogen) atoms. The first kappa shape index (κ1) is 15.1. The molecule has 4 N–H and O–H groups in total. The van der Waals surface area contributed by atoms with Crippen LogP contribution in [0.1, 0.15) is 18.4 Å². The fourth-order valence-electron chi connectivity index (χ4n) is 3.10. The highest BCUT2D eigenvalue weighted by atomic mass is 16.2. The molecule has 1 atom stereocenters. The molecule has 1 aliphatic rings. The number of H-pyrrole nitrogens is 1. The monoisotopic (exact) mass is 300 g/mol. The molecule has 1 amide bonds. The second-order valence-electron chi connectivity index (χ2n) is 6.01. The maximum absolute atomic E-state index is 12.1. The van der Waals surface area contributed by atoms with Crippen LogP contribution in [-0.4, -0.2) is 48.0 Å². The minimum absolute atomic E-state index is 0.0653. The molecule has 0 unspecified atom stereocenters. The molecular formula is C17H24N4O. The molecule has 2 aromatic rings. The Bertz CT molecular complexity index is 630. The van der Waals surface area contributed by atoms with E-state index in [4.69, 9.17) is 5.73 Å². The van der Waals surface area contributed by atoms with Gasteiger partial charge >= 0.3 is 0 Å². The molecule has 3 rings (SSSR count). The van der Waals surface area contributed by atoms with Crippen molar-refractivity contribution in [3.05, 3.63) is 36.0 Å². The average molecular weight is 300 g/mol. The topological polar surface area (TPSA) is 74.1 Å². The van der Waals surface area contributed by atoms with Gasteiger partial charge in [0.05, 0.1) is 6.04 Å². The summed E-state index contributed by atoms with van der Waals surface area (Å²) in [6.45, 7) is 3.90. The number of aromatic nitrogens is 1. The van der Waals surface area contributed by atoms with Gasteiger partial charge in [-0.05, 0) is 44.0 Å². The molecular weight excluding hydrogens is 276 g/mol. The van der Waals surface area contributed by atoms with Crippen LogP contribution in [0, 0.1) is 0 Å². The number of benzene rings is 1. The normalized spacial score (nSPS) is 17.0. The van der Waals surface area contributed by atoms with Crippen LogP contribution in [0.4, 0.5) is 0 Å². The first-order valence-electron chi connectivity index (χ1n) is 8.04. The van der Waals surface area contributed by atoms with Crippen molar-refractivity contribution in [2.45, 2.75) is 25.3 Å². The zero-order valence-corrected chi connectivity index (χ0v) is 12.8. The van der Waals surface area contributed by atoms with E-state index in [1.165, 1.54) is 12.8 Å². The van der Waals surface area contributed by atoms with Gasteiger partial charge in [0.2, 0.25) is 5.91 Å². The van der Waals surface area contributed by atoms with E-state index in [0.717, 1.165) is 36.1 Å². The van der Waals surface area contributed by atoms with Crippen LogP contribution >= 0.6 is 0 Å². The summed E-state index contributed by atoms with van der Waals surface area (Å²) in [7, 11) is 0. The zero-order chi connectivity index (χ0) is 15.4. The minimum Gasteiger partial charge on any atom is -0.361 e. The van der Waals surface area contributed by atoms with E-state index in [0.29, 0.717) is 13.0 Å². The number of para-hydroxylation sites is 1. The predicted octanol–water partition coefficient (Wildman–Crippen LogP) is 1.25. The molecule has 0 saturated carbocycles. The average Bonchev–Trinajstić information content (AvgIpc) is 3.17. The summed E-state index contributed by atoms with van der Waals surface area (Å²) < 4.78 is 0. The lowest BCUT2D eigenvalue weighted by molar-refractivity contribution is -0.122. The van der Waals surface area contributed by atoms with Crippen molar-refractivity contribution in [2.24, 2.45) is 5.73 Å². The molecule has 1 aromatic carbocycles. The maximum atomic E-state index is 12.1. The van der Waals surface area contributed by atoms with Crippen LogP contribution < -0.4 is 11.1 Å². The fraction of sp³-hybridized carbons (Fsp3) is 0.471. The van der Waals surface area contributed by atoms with Crippen LogP contribution in [0.5, 0.6) is 0 Å². The highest BCUT2D eigenvalue weighted by molar-refractivity contribution is 5.86. The van der Waals surface area contributed by atoms with Crippen LogP contribution in [-0.2, 0) is 11.2 Å². The predicted molar refractivity (Wildman–Crippen MR) is 88.7 cm³/mol. The van der Waals surface area contributed by atoms with Crippen LogP contribution in [0.25, 0.3) is 10.9 Å². The van der Waals surface area contributed by atoms with E-state index in [1.54, 1.807) is 0 Å². The Morgan fingerprint density at radius 1 is 1.32 bits per heavy atom. The van der Waals surface area contributed by atoms with Gasteiger partial charge in [-0.1, -0.05) is 18.2 Å². The van der Waals surface area contributed by atoms with Crippen molar-refractivity contribution < 1.29 is 4.79 Å². The van der Waals surface area contributed by atoms with Gasteiger partial charge in [-0.25, -0.2) is 0 Å². The molecule has 0 radical (unpaired) electrons. The summed E-state index contributed by atoms with van der Waals surface area (Å²) in [4.78, 5) is 17.7. The Labute approximate surface area is 130 Å². The smallest absolute Gasteiger partial charge is 0.237 e. The number of fused-ring (bicyclic) bond motifs is 1. The van der Waals surface area contributed by atoms with Gasteiger partial charge in [0.15, 0.2) is 0 Å². The number of rotatable bonds is 6. The van der Waals surface area contributed by atoms with Crippen molar-refractivity contribution >= 4 is 16.8 Å². The molecule has 1 fully saturated rings. The van der Waals surface area contributed by atoms with Gasteiger partial charge in [-0.2, -0.15) is 0 Å². The Morgan fingerprint density at radius 2 is 2.09 bits per heavy atom. The van der Waals surface area contributed by atoms with Gasteiger partial charge in [0.25, 0.3) is 0 Å². The number of nitrogens with two attached hydrogens (primary N) is 1. The van der Waals surface area contributed by atoms with E-state index < -0.39 is 6.04 Å². The molecule has 0 bridgehead atoms. The number of likely N-dealkylation sites (tertiary alicyclic amines) is 1. The number of carbonyl (C=O) groups excluding carboxylic acids is 1. The lowest BCUT2D eigenvalue weighted by atomic mass is 10.1. The van der Waals surface area contributed by atoms with Crippen molar-refractivity contribution in [1.82, 2.24) is 15.2 Å². The van der Waals surface area contributed by atoms with Gasteiger partial charge in [0.1, 0.15) is 0 Å². The Kier molecular flexibility index (Phi) is 4.75. The minimum atomic E-state index is -0.502. The first-order chi connectivity index (χ1) is 10.7. The van der Waals surface area contributed by atoms with Crippen molar-refractivity contribution in [3.63, 3.8) is 0 Å². The Hall–Kier alpha value is -1.85. The third kappa shape index (κ3) is 3.48. The van der Waals surface area contributed by atoms with Crippen LogP contribution in [0.3, 0.4) is 0 Å². The van der Waals surface area contributed by atoms with Crippen molar-refractivity contribution in [3.8, 4) is 0 Å². The lowest BCUT2D eigenvalue weighted by Crippen LogP contribution is -2.44. The number of nitrogens with one attached hydrogen (secondary N) is 2. The third-order valence-corrected chi connectivity index (χ3v) is 4.38. The van der Waals surface area contributed by atoms with Gasteiger partial charge < -0.3 is 20.9 Å². The number of nitrogens with zero attached hydrogens (tertiary/aromatic N) is 1. The molecule has 0 spiro atoms. The largest absolute Gasteiger partial charge is 0.361 e. The molecule has 1 aromatic heterocycles. The van der Waals surface area contributed by atoms with Crippen LogP contribution in [0.15, 0.2) is 30.5 Å². The second kappa shape index (κ2) is 6.94. The molecule has 0 aliphatic carbocycles. The quantitative estimate of drug-likeness (QED) is 0.751. The van der Waals surface area contributed by atoms with E-state index in [1.807, 2.05) is 24.4 Å². The summed E-state index contributed by atoms with van der Waals surface area (Å²) in [5.74, 6) is -0.0653. The summed E-state index contributed by atoms with van der Waals surface area (Å²) in [5, 5.41) is 4.10. The van der Waals surface area contributed by atoms with Gasteiger partial charge in [-0.15, -0.1) is 0 Å². The Balaban J connectivity index is 1.50. The fourth-order valence-corrected chi connectivity index (χ4v) is 3.10. The maximum Gasteiger partial charge on any atom is 0.237 e. The number of hydrogen-bond donors (Lipinski definition) is 3. The van der Waals surface area contributed by atoms with Crippen LogP contribution in [0.2, 0.25) is 0 Å². The summed E-state index contributed by atoms with van der Waals surface area (Å²) in [6.07, 6.45) is 5.05. The number of aromatic amines is 1. The van der Waals surface area contributed by atoms with Gasteiger partial charge in [-0.3, -0.25) is 4.79 Å². The number of hydrogen-bond acceptors (Lipinski definition) is 3. The molecule has 2 heterocycles. The highest BCUT2D eigenvalue weighted by Crippen LogP contribution is 2.18. The molecule has 1 aliphatic heterocycles. The first-order valence-corrected chi connectivity index (χ1v) is 8.04. The third-order valence-electron chi connectivity index (χ3n) is 4.38. The van der Waals surface area contributed by atoms with Crippen molar-refractivity contribution in [1.29, 1.82) is 0 Å². The SMILES string of the molecule is N[C@H](Cc1c[nH]c2ccccc12)C(=O)NCCN1CCCC1. The van der Waals surface area contributed by atoms with E-state index in [2.05, 4.69) is 21.3 Å². The lowest BCUT2D eigenvalue weighted by Gasteiger charge is -2.16. The standard InChI is InChI=1S/C17H24N4O/c18-15(17(22)19-7-10-21-8-3-4-9-21)11-13-12-20-16-6-2-1-5-14(13)16/h1-2,5-6,12,15,20H,3-4,7-11,18H2,(H,19,22)/t15-/m1/s1. The molecule has 5 nitrogen and oxygen atoms in total.